The molecule has 94 valence electrons. The molecule has 0 radical (unpaired) electrons. The zero-order chi connectivity index (χ0) is 13.2. The summed E-state index contributed by atoms with van der Waals surface area (Å²) in [5.74, 6) is 0. The van der Waals surface area contributed by atoms with Crippen molar-refractivity contribution in [3.8, 4) is 22.3 Å². The molecule has 0 aliphatic rings. The van der Waals surface area contributed by atoms with Crippen LogP contribution in [-0.4, -0.2) is 14.5 Å². The average Bonchev–Trinajstić information content (AvgIpc) is 2.90. The van der Waals surface area contributed by atoms with Gasteiger partial charge in [0.15, 0.2) is 0 Å². The van der Waals surface area contributed by atoms with Crippen molar-refractivity contribution in [2.45, 2.75) is 0 Å². The number of hydrogen-bond acceptors (Lipinski definition) is 0. The Morgan fingerprint density at radius 3 is 1.32 bits per heavy atom. The van der Waals surface area contributed by atoms with Crippen molar-refractivity contribution in [1.29, 1.82) is 0 Å². The van der Waals surface area contributed by atoms with Crippen LogP contribution >= 0.6 is 23.2 Å². The molecule has 0 aliphatic carbocycles. The van der Waals surface area contributed by atoms with Gasteiger partial charge in [-0.05, 0) is 0 Å². The van der Waals surface area contributed by atoms with Crippen LogP contribution in [0.15, 0.2) is 58.4 Å². The van der Waals surface area contributed by atoms with E-state index in [2.05, 4.69) is 34.1 Å². The molecule has 0 atom stereocenters. The van der Waals surface area contributed by atoms with E-state index in [4.69, 9.17) is 23.2 Å². The molecular weight excluding hydrogens is 342 g/mol. The fourth-order valence-electron chi connectivity index (χ4n) is 2.00. The molecule has 1 heterocycles. The van der Waals surface area contributed by atoms with Crippen molar-refractivity contribution < 1.29 is 0 Å². The summed E-state index contributed by atoms with van der Waals surface area (Å²) in [6.07, 6.45) is 0. The van der Waals surface area contributed by atoms with Crippen molar-refractivity contribution in [3.05, 3.63) is 68.5 Å². The molecule has 0 saturated carbocycles. The molecular formula is C16H10Cl2Se. The molecule has 0 nitrogen and oxygen atoms in total. The van der Waals surface area contributed by atoms with Gasteiger partial charge in [0.1, 0.15) is 0 Å². The van der Waals surface area contributed by atoms with E-state index in [1.165, 1.54) is 22.3 Å². The molecule has 0 unspecified atom stereocenters. The zero-order valence-corrected chi connectivity index (χ0v) is 13.2. The maximum atomic E-state index is 5.94. The van der Waals surface area contributed by atoms with E-state index in [-0.39, 0.29) is 0 Å². The summed E-state index contributed by atoms with van der Waals surface area (Å²) in [4.78, 5) is 4.61. The van der Waals surface area contributed by atoms with E-state index in [1.54, 1.807) is 0 Å². The minimum absolute atomic E-state index is 0.421. The van der Waals surface area contributed by atoms with Crippen LogP contribution in [0, 0.1) is 0 Å². The van der Waals surface area contributed by atoms with Crippen LogP contribution in [0.2, 0.25) is 10.0 Å². The quantitative estimate of drug-likeness (QED) is 0.543. The first-order chi connectivity index (χ1) is 9.24. The Balaban J connectivity index is 2.07. The summed E-state index contributed by atoms with van der Waals surface area (Å²) in [5.41, 5.74) is 5.01. The Kier molecular flexibility index (Phi) is 3.81. The molecule has 0 spiro atoms. The molecule has 3 aromatic rings. The van der Waals surface area contributed by atoms with Gasteiger partial charge in [0, 0.05) is 0 Å². The van der Waals surface area contributed by atoms with Crippen LogP contribution in [0.4, 0.5) is 0 Å². The third-order valence-electron chi connectivity index (χ3n) is 2.97. The minimum atomic E-state index is 0.421. The van der Waals surface area contributed by atoms with E-state index in [1.807, 2.05) is 24.3 Å². The molecule has 3 heteroatoms. The summed E-state index contributed by atoms with van der Waals surface area (Å²) >= 11 is 12.3. The normalized spacial score (nSPS) is 10.6. The van der Waals surface area contributed by atoms with Crippen LogP contribution < -0.4 is 0 Å². The summed E-state index contributed by atoms with van der Waals surface area (Å²) in [5, 5.41) is 1.54. The van der Waals surface area contributed by atoms with Gasteiger partial charge in [-0.2, -0.15) is 0 Å². The molecule has 0 amide bonds. The summed E-state index contributed by atoms with van der Waals surface area (Å²) in [6, 6.07) is 16.0. The van der Waals surface area contributed by atoms with Crippen LogP contribution in [0.25, 0.3) is 22.3 Å². The molecule has 3 rings (SSSR count). The van der Waals surface area contributed by atoms with Crippen LogP contribution in [0.3, 0.4) is 0 Å². The van der Waals surface area contributed by atoms with E-state index in [0.717, 1.165) is 10.0 Å². The SMILES string of the molecule is Clc1ccc(-c2c[se]cc2-c2ccc(Cl)cc2)cc1. The molecule has 0 N–H and O–H groups in total. The fraction of sp³-hybridized carbons (Fsp3) is 0. The third kappa shape index (κ3) is 2.80. The Morgan fingerprint density at radius 1 is 0.579 bits per heavy atom. The van der Waals surface area contributed by atoms with Crippen LogP contribution in [0.1, 0.15) is 0 Å². The zero-order valence-electron chi connectivity index (χ0n) is 9.94. The second kappa shape index (κ2) is 5.56. The van der Waals surface area contributed by atoms with Gasteiger partial charge < -0.3 is 0 Å². The molecule has 19 heavy (non-hydrogen) atoms. The van der Waals surface area contributed by atoms with Gasteiger partial charge in [0.2, 0.25) is 0 Å². The second-order valence-electron chi connectivity index (χ2n) is 4.21. The third-order valence-corrected chi connectivity index (χ3v) is 5.04. The second-order valence-corrected chi connectivity index (χ2v) is 6.65. The van der Waals surface area contributed by atoms with Crippen LogP contribution in [0.5, 0.6) is 0 Å². The van der Waals surface area contributed by atoms with Crippen LogP contribution in [-0.2, 0) is 0 Å². The number of rotatable bonds is 2. The first kappa shape index (κ1) is 13.0. The summed E-state index contributed by atoms with van der Waals surface area (Å²) in [7, 11) is 0. The number of halogens is 2. The van der Waals surface area contributed by atoms with E-state index < -0.39 is 0 Å². The summed E-state index contributed by atoms with van der Waals surface area (Å²) in [6.45, 7) is 0. The Morgan fingerprint density at radius 2 is 0.947 bits per heavy atom. The van der Waals surface area contributed by atoms with Gasteiger partial charge >= 0.3 is 128 Å². The van der Waals surface area contributed by atoms with Crippen molar-refractivity contribution in [2.75, 3.05) is 0 Å². The topological polar surface area (TPSA) is 0 Å². The molecule has 1 aromatic heterocycles. The van der Waals surface area contributed by atoms with E-state index >= 15 is 0 Å². The monoisotopic (exact) mass is 352 g/mol. The number of hydrogen-bond donors (Lipinski definition) is 0. The van der Waals surface area contributed by atoms with Gasteiger partial charge in [-0.15, -0.1) is 0 Å². The summed E-state index contributed by atoms with van der Waals surface area (Å²) < 4.78 is 0. The van der Waals surface area contributed by atoms with Gasteiger partial charge in [0.25, 0.3) is 0 Å². The Labute approximate surface area is 128 Å². The van der Waals surface area contributed by atoms with E-state index in [0.29, 0.717) is 14.5 Å². The fourth-order valence-corrected chi connectivity index (χ4v) is 4.07. The first-order valence-electron chi connectivity index (χ1n) is 5.82. The molecule has 0 fully saturated rings. The first-order valence-corrected chi connectivity index (χ1v) is 8.55. The maximum absolute atomic E-state index is 5.94. The predicted molar refractivity (Wildman–Crippen MR) is 84.3 cm³/mol. The van der Waals surface area contributed by atoms with Gasteiger partial charge in [0.05, 0.1) is 0 Å². The Hall–Kier alpha value is -0.981. The van der Waals surface area contributed by atoms with Crippen molar-refractivity contribution in [2.24, 2.45) is 0 Å². The Bertz CT molecular complexity index is 622. The molecule has 2 aromatic carbocycles. The van der Waals surface area contributed by atoms with Crippen molar-refractivity contribution in [3.63, 3.8) is 0 Å². The molecule has 0 aliphatic heterocycles. The van der Waals surface area contributed by atoms with E-state index in [9.17, 15) is 0 Å². The van der Waals surface area contributed by atoms with Gasteiger partial charge in [-0.25, -0.2) is 0 Å². The molecule has 0 saturated heterocycles. The van der Waals surface area contributed by atoms with Crippen molar-refractivity contribution >= 4 is 37.7 Å². The van der Waals surface area contributed by atoms with Gasteiger partial charge in [-0.1, -0.05) is 0 Å². The average molecular weight is 352 g/mol. The molecule has 0 bridgehead atoms. The number of benzene rings is 2. The van der Waals surface area contributed by atoms with Crippen molar-refractivity contribution in [1.82, 2.24) is 0 Å². The predicted octanol–water partition coefficient (Wildman–Crippen LogP) is 5.38. The standard InChI is InChI=1S/C16H10Cl2Se/c17-13-5-1-11(2-6-13)15-9-19-10-16(15)12-3-7-14(18)8-4-12/h1-10H. The van der Waals surface area contributed by atoms with Gasteiger partial charge in [-0.3, -0.25) is 0 Å².